The van der Waals surface area contributed by atoms with Gasteiger partial charge in [0, 0.05) is 68.4 Å². The second-order valence-corrected chi connectivity index (χ2v) is 9.97. The molecule has 0 spiro atoms. The summed E-state index contributed by atoms with van der Waals surface area (Å²) in [5.74, 6) is -1.01. The summed E-state index contributed by atoms with van der Waals surface area (Å²) in [4.78, 5) is 46.3. The number of aliphatic hydroxyl groups excluding tert-OH is 1. The van der Waals surface area contributed by atoms with Crippen LogP contribution in [0.25, 0.3) is 6.08 Å². The van der Waals surface area contributed by atoms with E-state index in [-0.39, 0.29) is 41.9 Å². The van der Waals surface area contributed by atoms with Crippen LogP contribution in [0.2, 0.25) is 0 Å². The molecule has 1 aliphatic carbocycles. The predicted molar refractivity (Wildman–Crippen MR) is 130 cm³/mol. The van der Waals surface area contributed by atoms with Gasteiger partial charge in [-0.25, -0.2) is 4.98 Å². The monoisotopic (exact) mass is 479 g/mol. The van der Waals surface area contributed by atoms with E-state index in [0.29, 0.717) is 25.1 Å². The molecule has 0 radical (unpaired) electrons. The molecule has 2 aromatic rings. The van der Waals surface area contributed by atoms with E-state index < -0.39 is 12.0 Å². The minimum atomic E-state index is -0.758. The third-order valence-electron chi connectivity index (χ3n) is 7.87. The fourth-order valence-corrected chi connectivity index (χ4v) is 5.93. The summed E-state index contributed by atoms with van der Waals surface area (Å²) in [6, 6.07) is 2.54. The van der Waals surface area contributed by atoms with Crippen LogP contribution in [0.4, 0.5) is 0 Å². The van der Waals surface area contributed by atoms with E-state index in [1.807, 2.05) is 36.9 Å². The third kappa shape index (κ3) is 4.01. The first-order valence-electron chi connectivity index (χ1n) is 12.5. The van der Waals surface area contributed by atoms with Crippen LogP contribution < -0.4 is 10.9 Å². The Morgan fingerprint density at radius 3 is 2.71 bits per heavy atom. The molecule has 2 aromatic heterocycles. The number of aromatic nitrogens is 3. The minimum absolute atomic E-state index is 0.0366. The number of hydrogen-bond acceptors (Lipinski definition) is 5. The molecule has 0 unspecified atom stereocenters. The van der Waals surface area contributed by atoms with E-state index >= 15 is 0 Å². The number of allylic oxidation sites excluding steroid dienone is 1. The molecular weight excluding hydrogens is 446 g/mol. The Morgan fingerprint density at radius 2 is 2.09 bits per heavy atom. The Morgan fingerprint density at radius 1 is 1.29 bits per heavy atom. The van der Waals surface area contributed by atoms with Crippen LogP contribution in [0, 0.1) is 17.8 Å². The van der Waals surface area contributed by atoms with E-state index in [9.17, 15) is 19.5 Å². The number of imidazole rings is 1. The topological polar surface area (TPSA) is 109 Å². The van der Waals surface area contributed by atoms with Crippen molar-refractivity contribution >= 4 is 17.9 Å². The van der Waals surface area contributed by atoms with Gasteiger partial charge in [0.1, 0.15) is 6.04 Å². The average Bonchev–Trinajstić information content (AvgIpc) is 3.47. The summed E-state index contributed by atoms with van der Waals surface area (Å²) in [6.07, 6.45) is 10.5. The van der Waals surface area contributed by atoms with Crippen molar-refractivity contribution in [2.45, 2.75) is 51.2 Å². The van der Waals surface area contributed by atoms with Crippen molar-refractivity contribution in [3.05, 3.63) is 58.0 Å². The number of hydrogen-bond donors (Lipinski definition) is 2. The lowest BCUT2D eigenvalue weighted by Crippen LogP contribution is -2.52. The van der Waals surface area contributed by atoms with Crippen molar-refractivity contribution in [1.82, 2.24) is 24.3 Å². The van der Waals surface area contributed by atoms with Gasteiger partial charge >= 0.3 is 0 Å². The highest BCUT2D eigenvalue weighted by Crippen LogP contribution is 2.50. The zero-order chi connectivity index (χ0) is 24.7. The first-order chi connectivity index (χ1) is 16.9. The number of carbonyl (C=O) groups is 2. The maximum Gasteiger partial charge on any atom is 0.258 e. The highest BCUT2D eigenvalue weighted by molar-refractivity contribution is 5.90. The first-order valence-corrected chi connectivity index (χ1v) is 12.5. The van der Waals surface area contributed by atoms with Crippen LogP contribution >= 0.6 is 0 Å². The van der Waals surface area contributed by atoms with Gasteiger partial charge in [-0.15, -0.1) is 0 Å². The molecule has 1 saturated heterocycles. The van der Waals surface area contributed by atoms with Crippen LogP contribution in [0.15, 0.2) is 35.5 Å². The van der Waals surface area contributed by atoms with Gasteiger partial charge < -0.3 is 24.5 Å². The van der Waals surface area contributed by atoms with E-state index in [2.05, 4.69) is 10.3 Å². The van der Waals surface area contributed by atoms with Crippen molar-refractivity contribution in [1.29, 1.82) is 0 Å². The number of aliphatic hydroxyl groups is 1. The van der Waals surface area contributed by atoms with Crippen molar-refractivity contribution < 1.29 is 14.7 Å². The summed E-state index contributed by atoms with van der Waals surface area (Å²) in [7, 11) is 1.90. The molecule has 2 N–H and O–H groups in total. The second kappa shape index (κ2) is 9.45. The van der Waals surface area contributed by atoms with Gasteiger partial charge in [0.2, 0.25) is 11.8 Å². The fourth-order valence-electron chi connectivity index (χ4n) is 5.93. The molecule has 9 nitrogen and oxygen atoms in total. The Bertz CT molecular complexity index is 1210. The number of likely N-dealkylation sites (tertiary alicyclic amines) is 1. The van der Waals surface area contributed by atoms with E-state index in [4.69, 9.17) is 0 Å². The molecule has 2 amide bonds. The van der Waals surface area contributed by atoms with Crippen LogP contribution in [0.1, 0.15) is 49.2 Å². The van der Waals surface area contributed by atoms with Gasteiger partial charge in [0.05, 0.1) is 18.1 Å². The average molecular weight is 480 g/mol. The first kappa shape index (κ1) is 23.5. The minimum Gasteiger partial charge on any atom is -0.396 e. The summed E-state index contributed by atoms with van der Waals surface area (Å²) in [5, 5.41) is 13.4. The molecule has 35 heavy (non-hydrogen) atoms. The van der Waals surface area contributed by atoms with Crippen molar-refractivity contribution in [3.8, 4) is 0 Å². The second-order valence-electron chi connectivity index (χ2n) is 9.97. The van der Waals surface area contributed by atoms with Gasteiger partial charge in [0.25, 0.3) is 5.56 Å². The molecule has 5 rings (SSSR count). The van der Waals surface area contributed by atoms with Gasteiger partial charge in [-0.05, 0) is 31.9 Å². The van der Waals surface area contributed by atoms with Gasteiger partial charge in [-0.2, -0.15) is 0 Å². The molecule has 0 aromatic carbocycles. The third-order valence-corrected chi connectivity index (χ3v) is 7.87. The Hall–Kier alpha value is -3.20. The molecule has 4 heterocycles. The maximum atomic E-state index is 13.7. The molecule has 1 saturated carbocycles. The number of fused-ring (bicyclic) bond motifs is 3. The Balaban J connectivity index is 1.45. The standard InChI is InChI=1S/C26H33N5O4/c1-3-5-16-8-9-21-22-19(13-30(21)25(16)34)20(14-32)23(31(22)26(35)17-6-4-7-17)24(33)27-11-10-18-12-29(2)15-28-18/h3,5,8-9,12,15,17,19-20,22-23,32H,4,6-7,10-11,13-14H2,1-2H3,(H,27,33)/b5-3+/t19-,20-,22+,23-/m1/s1. The van der Waals surface area contributed by atoms with E-state index in [0.717, 1.165) is 30.7 Å². The lowest BCUT2D eigenvalue weighted by Gasteiger charge is -2.36. The lowest BCUT2D eigenvalue weighted by atomic mass is 9.84. The zero-order valence-electron chi connectivity index (χ0n) is 20.3. The number of aryl methyl sites for hydroxylation is 1. The highest BCUT2D eigenvalue weighted by Gasteiger charge is 2.58. The number of rotatable bonds is 7. The van der Waals surface area contributed by atoms with Crippen LogP contribution in [-0.4, -0.2) is 55.1 Å². The summed E-state index contributed by atoms with van der Waals surface area (Å²) >= 11 is 0. The number of carbonyl (C=O) groups excluding carboxylic acids is 2. The summed E-state index contributed by atoms with van der Waals surface area (Å²) in [6.45, 7) is 2.43. The van der Waals surface area contributed by atoms with Crippen molar-refractivity contribution in [3.63, 3.8) is 0 Å². The van der Waals surface area contributed by atoms with E-state index in [1.165, 1.54) is 0 Å². The molecule has 3 aliphatic rings. The highest BCUT2D eigenvalue weighted by atomic mass is 16.3. The number of pyridine rings is 1. The fraction of sp³-hybridized carbons (Fsp3) is 0.538. The quantitative estimate of drug-likeness (QED) is 0.622. The van der Waals surface area contributed by atoms with Crippen LogP contribution in [-0.2, 0) is 29.6 Å². The van der Waals surface area contributed by atoms with Crippen LogP contribution in [0.5, 0.6) is 0 Å². The SMILES string of the molecule is C/C=C/c1ccc2n(c1=O)C[C@@H]1[C@@H](CO)[C@H](C(=O)NCCc3cn(C)cn3)N(C(=O)C3CCC3)[C@H]21. The molecule has 4 atom stereocenters. The van der Waals surface area contributed by atoms with Gasteiger partial charge in [-0.3, -0.25) is 14.4 Å². The van der Waals surface area contributed by atoms with Crippen LogP contribution in [0.3, 0.4) is 0 Å². The molecular formula is C26H33N5O4. The van der Waals surface area contributed by atoms with Crippen molar-refractivity contribution in [2.75, 3.05) is 13.2 Å². The summed E-state index contributed by atoms with van der Waals surface area (Å²) in [5.41, 5.74) is 2.13. The Labute approximate surface area is 204 Å². The molecule has 9 heteroatoms. The number of amides is 2. The largest absolute Gasteiger partial charge is 0.396 e. The Kier molecular flexibility index (Phi) is 6.35. The number of nitrogens with zero attached hydrogens (tertiary/aromatic N) is 4. The predicted octanol–water partition coefficient (Wildman–Crippen LogP) is 1.26. The summed E-state index contributed by atoms with van der Waals surface area (Å²) < 4.78 is 3.58. The smallest absolute Gasteiger partial charge is 0.258 e. The van der Waals surface area contributed by atoms with Gasteiger partial charge in [0.15, 0.2) is 0 Å². The maximum absolute atomic E-state index is 13.7. The number of nitrogens with one attached hydrogen (secondary N) is 1. The van der Waals surface area contributed by atoms with E-state index in [1.54, 1.807) is 27.9 Å². The zero-order valence-corrected chi connectivity index (χ0v) is 20.3. The molecule has 0 bridgehead atoms. The molecule has 2 aliphatic heterocycles. The van der Waals surface area contributed by atoms with Gasteiger partial charge in [-0.1, -0.05) is 18.6 Å². The van der Waals surface area contributed by atoms with Crippen molar-refractivity contribution in [2.24, 2.45) is 24.8 Å². The normalized spacial score (nSPS) is 25.5. The molecule has 2 fully saturated rings. The lowest BCUT2D eigenvalue weighted by molar-refractivity contribution is -0.147. The molecule has 186 valence electrons.